The molecule has 22 heavy (non-hydrogen) atoms. The molecule has 4 nitrogen and oxygen atoms in total. The van der Waals surface area contributed by atoms with E-state index in [1.807, 2.05) is 0 Å². The Morgan fingerprint density at radius 1 is 0.909 bits per heavy atom. The predicted octanol–water partition coefficient (Wildman–Crippen LogP) is 2.04. The Bertz CT molecular complexity index is 346. The van der Waals surface area contributed by atoms with Crippen molar-refractivity contribution in [1.82, 2.24) is 14.7 Å². The number of nitrogens with zero attached hydrogens (tertiary/aromatic N) is 3. The van der Waals surface area contributed by atoms with Crippen LogP contribution in [-0.2, 0) is 4.74 Å². The van der Waals surface area contributed by atoms with E-state index in [1.165, 1.54) is 51.9 Å². The molecule has 4 heteroatoms. The van der Waals surface area contributed by atoms with Crippen molar-refractivity contribution < 1.29 is 4.74 Å². The molecule has 0 unspecified atom stereocenters. The lowest BCUT2D eigenvalue weighted by molar-refractivity contribution is -0.0223. The van der Waals surface area contributed by atoms with Crippen LogP contribution in [0.15, 0.2) is 0 Å². The highest BCUT2D eigenvalue weighted by Gasteiger charge is 2.40. The van der Waals surface area contributed by atoms with E-state index in [-0.39, 0.29) is 5.60 Å². The maximum atomic E-state index is 5.86. The van der Waals surface area contributed by atoms with E-state index in [0.29, 0.717) is 0 Å². The highest BCUT2D eigenvalue weighted by molar-refractivity contribution is 4.97. The SMILES string of the molecule is CN1[C@H]2CC[C@H]1CC(N1CCN(CCOC(C)(C)C)CC1)C2. The third-order valence-electron chi connectivity index (χ3n) is 5.94. The maximum Gasteiger partial charge on any atom is 0.0600 e. The van der Waals surface area contributed by atoms with Gasteiger partial charge < -0.3 is 9.64 Å². The first kappa shape index (κ1) is 16.7. The minimum Gasteiger partial charge on any atom is -0.375 e. The van der Waals surface area contributed by atoms with Gasteiger partial charge in [0.15, 0.2) is 0 Å². The molecule has 2 atom stereocenters. The molecule has 0 aliphatic carbocycles. The second-order valence-electron chi connectivity index (χ2n) is 8.51. The molecule has 128 valence electrons. The minimum absolute atomic E-state index is 0.00474. The van der Waals surface area contributed by atoms with E-state index in [2.05, 4.69) is 42.5 Å². The lowest BCUT2D eigenvalue weighted by Gasteiger charge is -2.45. The predicted molar refractivity (Wildman–Crippen MR) is 91.3 cm³/mol. The highest BCUT2D eigenvalue weighted by Crippen LogP contribution is 2.36. The molecule has 0 aromatic carbocycles. The maximum absolute atomic E-state index is 5.86. The fraction of sp³-hybridized carbons (Fsp3) is 1.00. The van der Waals surface area contributed by atoms with Crippen molar-refractivity contribution in [2.75, 3.05) is 46.4 Å². The van der Waals surface area contributed by atoms with Gasteiger partial charge in [-0.25, -0.2) is 0 Å². The van der Waals surface area contributed by atoms with Crippen LogP contribution in [0.25, 0.3) is 0 Å². The number of ether oxygens (including phenoxy) is 1. The second-order valence-corrected chi connectivity index (χ2v) is 8.51. The van der Waals surface area contributed by atoms with Gasteiger partial charge >= 0.3 is 0 Å². The number of piperazine rings is 1. The largest absolute Gasteiger partial charge is 0.375 e. The van der Waals surface area contributed by atoms with E-state index in [0.717, 1.165) is 31.3 Å². The van der Waals surface area contributed by atoms with E-state index in [4.69, 9.17) is 4.74 Å². The molecule has 0 saturated carbocycles. The van der Waals surface area contributed by atoms with Crippen LogP contribution in [0.1, 0.15) is 46.5 Å². The first-order valence-corrected chi connectivity index (χ1v) is 9.25. The molecule has 0 amide bonds. The van der Waals surface area contributed by atoms with Crippen LogP contribution in [0.4, 0.5) is 0 Å². The van der Waals surface area contributed by atoms with E-state index < -0.39 is 0 Å². The minimum atomic E-state index is -0.00474. The summed E-state index contributed by atoms with van der Waals surface area (Å²) in [4.78, 5) is 8.00. The fourth-order valence-electron chi connectivity index (χ4n) is 4.51. The standard InChI is InChI=1S/C18H35N3O/c1-18(2,3)22-12-11-20-7-9-21(10-8-20)17-13-15-5-6-16(14-17)19(15)4/h15-17H,5-14H2,1-4H3/t15-,16-/m0/s1. The Balaban J connectivity index is 1.39. The molecule has 0 radical (unpaired) electrons. The van der Waals surface area contributed by atoms with Gasteiger partial charge in [0.1, 0.15) is 0 Å². The summed E-state index contributed by atoms with van der Waals surface area (Å²) in [6, 6.07) is 2.57. The molecule has 0 spiro atoms. The summed E-state index contributed by atoms with van der Waals surface area (Å²) in [5.74, 6) is 0. The average Bonchev–Trinajstić information content (AvgIpc) is 2.69. The van der Waals surface area contributed by atoms with Crippen molar-refractivity contribution in [3.05, 3.63) is 0 Å². The van der Waals surface area contributed by atoms with Crippen LogP contribution >= 0.6 is 0 Å². The molecule has 0 N–H and O–H groups in total. The van der Waals surface area contributed by atoms with Crippen molar-refractivity contribution in [3.63, 3.8) is 0 Å². The van der Waals surface area contributed by atoms with Gasteiger partial charge in [-0.2, -0.15) is 0 Å². The quantitative estimate of drug-likeness (QED) is 0.791. The molecule has 3 fully saturated rings. The zero-order valence-electron chi connectivity index (χ0n) is 15.1. The third-order valence-corrected chi connectivity index (χ3v) is 5.94. The number of fused-ring (bicyclic) bond motifs is 2. The zero-order chi connectivity index (χ0) is 15.7. The molecule has 2 bridgehead atoms. The smallest absolute Gasteiger partial charge is 0.0600 e. The Labute approximate surface area is 136 Å². The molecule has 3 saturated heterocycles. The molecule has 3 rings (SSSR count). The summed E-state index contributed by atoms with van der Waals surface area (Å²) in [6.07, 6.45) is 5.67. The van der Waals surface area contributed by atoms with Crippen LogP contribution in [0, 0.1) is 0 Å². The molecule has 0 aromatic heterocycles. The average molecular weight is 309 g/mol. The van der Waals surface area contributed by atoms with Crippen molar-refractivity contribution in [1.29, 1.82) is 0 Å². The summed E-state index contributed by atoms with van der Waals surface area (Å²) in [6.45, 7) is 13.3. The van der Waals surface area contributed by atoms with Crippen LogP contribution in [0.5, 0.6) is 0 Å². The molecular weight excluding hydrogens is 274 g/mol. The van der Waals surface area contributed by atoms with E-state index in [1.54, 1.807) is 0 Å². The second kappa shape index (κ2) is 6.76. The van der Waals surface area contributed by atoms with Gasteiger partial charge in [0.2, 0.25) is 0 Å². The third kappa shape index (κ3) is 4.02. The van der Waals surface area contributed by atoms with Gasteiger partial charge in [-0.05, 0) is 53.5 Å². The Morgan fingerprint density at radius 3 is 2.05 bits per heavy atom. The topological polar surface area (TPSA) is 19.0 Å². The van der Waals surface area contributed by atoms with Gasteiger partial charge in [0.05, 0.1) is 12.2 Å². The van der Waals surface area contributed by atoms with Crippen LogP contribution < -0.4 is 0 Å². The molecule has 3 aliphatic rings. The van der Waals surface area contributed by atoms with Crippen LogP contribution in [0.3, 0.4) is 0 Å². The van der Waals surface area contributed by atoms with Gasteiger partial charge in [0.25, 0.3) is 0 Å². The number of piperidine rings is 1. The summed E-state index contributed by atoms with van der Waals surface area (Å²) in [5, 5.41) is 0. The summed E-state index contributed by atoms with van der Waals surface area (Å²) in [7, 11) is 2.34. The lowest BCUT2D eigenvalue weighted by Crippen LogP contribution is -2.55. The van der Waals surface area contributed by atoms with E-state index in [9.17, 15) is 0 Å². The summed E-state index contributed by atoms with van der Waals surface area (Å²) >= 11 is 0. The highest BCUT2D eigenvalue weighted by atomic mass is 16.5. The van der Waals surface area contributed by atoms with Gasteiger partial charge in [-0.3, -0.25) is 9.80 Å². The van der Waals surface area contributed by atoms with Crippen LogP contribution in [0.2, 0.25) is 0 Å². The van der Waals surface area contributed by atoms with Gasteiger partial charge in [-0.1, -0.05) is 0 Å². The summed E-state index contributed by atoms with van der Waals surface area (Å²) in [5.41, 5.74) is -0.00474. The monoisotopic (exact) mass is 309 g/mol. The number of hydrogen-bond donors (Lipinski definition) is 0. The van der Waals surface area contributed by atoms with Gasteiger partial charge in [-0.15, -0.1) is 0 Å². The van der Waals surface area contributed by atoms with E-state index >= 15 is 0 Å². The van der Waals surface area contributed by atoms with Crippen molar-refractivity contribution in [3.8, 4) is 0 Å². The molecular formula is C18H35N3O. The summed E-state index contributed by atoms with van der Waals surface area (Å²) < 4.78 is 5.86. The van der Waals surface area contributed by atoms with Crippen molar-refractivity contribution in [2.24, 2.45) is 0 Å². The Morgan fingerprint density at radius 2 is 1.50 bits per heavy atom. The first-order chi connectivity index (χ1) is 10.4. The number of rotatable bonds is 4. The normalized spacial score (nSPS) is 35.2. The lowest BCUT2D eigenvalue weighted by atomic mass is 9.96. The molecule has 3 heterocycles. The Kier molecular flexibility index (Phi) is 5.13. The van der Waals surface area contributed by atoms with Crippen molar-refractivity contribution in [2.45, 2.75) is 70.2 Å². The molecule has 0 aromatic rings. The fourth-order valence-corrected chi connectivity index (χ4v) is 4.51. The molecule has 3 aliphatic heterocycles. The zero-order valence-corrected chi connectivity index (χ0v) is 15.1. The first-order valence-electron chi connectivity index (χ1n) is 9.25. The van der Waals surface area contributed by atoms with Crippen LogP contribution in [-0.4, -0.2) is 84.8 Å². The van der Waals surface area contributed by atoms with Crippen molar-refractivity contribution >= 4 is 0 Å². The number of hydrogen-bond acceptors (Lipinski definition) is 4. The Hall–Kier alpha value is -0.160. The van der Waals surface area contributed by atoms with Gasteiger partial charge in [0, 0.05) is 50.8 Å².